The molecule has 1 saturated heterocycles. The Kier molecular flexibility index (Phi) is 4.93. The highest BCUT2D eigenvalue weighted by molar-refractivity contribution is 5.75. The van der Waals surface area contributed by atoms with E-state index in [0.717, 1.165) is 42.0 Å². The van der Waals surface area contributed by atoms with E-state index in [1.807, 2.05) is 29.2 Å². The van der Waals surface area contributed by atoms with Crippen molar-refractivity contribution in [2.45, 2.75) is 25.4 Å². The molecule has 1 aromatic carbocycles. The first-order chi connectivity index (χ1) is 11.7. The normalized spacial score (nSPS) is 16.9. The molecule has 1 atom stereocenters. The van der Waals surface area contributed by atoms with Gasteiger partial charge in [-0.05, 0) is 31.0 Å². The monoisotopic (exact) mass is 330 g/mol. The first-order valence-electron chi connectivity index (χ1n) is 8.00. The number of hydrogen-bond acceptors (Lipinski definition) is 4. The summed E-state index contributed by atoms with van der Waals surface area (Å²) in [7, 11) is 3.26. The summed E-state index contributed by atoms with van der Waals surface area (Å²) in [4.78, 5) is 14.4. The van der Waals surface area contributed by atoms with Crippen molar-refractivity contribution in [1.82, 2.24) is 10.2 Å². The molecule has 3 rings (SSSR count). The van der Waals surface area contributed by atoms with Crippen LogP contribution in [0.25, 0.3) is 0 Å². The zero-order chi connectivity index (χ0) is 16.9. The van der Waals surface area contributed by atoms with Gasteiger partial charge in [0.1, 0.15) is 11.5 Å². The van der Waals surface area contributed by atoms with Gasteiger partial charge in [0, 0.05) is 30.3 Å². The van der Waals surface area contributed by atoms with Crippen molar-refractivity contribution in [3.05, 3.63) is 47.9 Å². The fraction of sp³-hybridized carbons (Fsp3) is 0.389. The molecule has 0 aliphatic carbocycles. The van der Waals surface area contributed by atoms with Crippen molar-refractivity contribution in [2.24, 2.45) is 0 Å². The number of rotatable bonds is 5. The van der Waals surface area contributed by atoms with E-state index >= 15 is 0 Å². The Balaban J connectivity index is 1.74. The van der Waals surface area contributed by atoms with Crippen LogP contribution in [0.15, 0.2) is 41.2 Å². The number of nitrogens with zero attached hydrogens (tertiary/aromatic N) is 1. The minimum atomic E-state index is -0.0726. The van der Waals surface area contributed by atoms with Crippen LogP contribution in [0.3, 0.4) is 0 Å². The van der Waals surface area contributed by atoms with E-state index in [9.17, 15) is 4.79 Å². The average molecular weight is 330 g/mol. The minimum Gasteiger partial charge on any atom is -0.497 e. The summed E-state index contributed by atoms with van der Waals surface area (Å²) in [6.45, 7) is 1.19. The smallest absolute Gasteiger partial charge is 0.318 e. The molecule has 2 heterocycles. The van der Waals surface area contributed by atoms with Gasteiger partial charge >= 0.3 is 6.03 Å². The van der Waals surface area contributed by atoms with Gasteiger partial charge in [-0.1, -0.05) is 0 Å². The Bertz CT molecular complexity index is 684. The van der Waals surface area contributed by atoms with Crippen molar-refractivity contribution >= 4 is 6.03 Å². The third-order valence-corrected chi connectivity index (χ3v) is 4.34. The lowest BCUT2D eigenvalue weighted by molar-refractivity contribution is 0.191. The van der Waals surface area contributed by atoms with Crippen LogP contribution in [-0.4, -0.2) is 31.7 Å². The SMILES string of the molecule is COc1ccc([C@H]2CCCN2C(=O)NCc2ccoc2)c(OC)c1. The number of nitrogens with one attached hydrogen (secondary N) is 1. The maximum atomic E-state index is 12.6. The van der Waals surface area contributed by atoms with Gasteiger partial charge in [0.05, 0.1) is 32.8 Å². The van der Waals surface area contributed by atoms with Gasteiger partial charge in [-0.3, -0.25) is 0 Å². The number of urea groups is 1. The van der Waals surface area contributed by atoms with Crippen LogP contribution in [0.5, 0.6) is 11.5 Å². The number of carbonyl (C=O) groups is 1. The molecule has 1 aliphatic rings. The molecule has 24 heavy (non-hydrogen) atoms. The van der Waals surface area contributed by atoms with Gasteiger partial charge in [-0.2, -0.15) is 0 Å². The molecule has 0 spiro atoms. The molecule has 6 heteroatoms. The van der Waals surface area contributed by atoms with Crippen LogP contribution in [0.4, 0.5) is 4.79 Å². The van der Waals surface area contributed by atoms with Gasteiger partial charge in [-0.25, -0.2) is 4.79 Å². The third kappa shape index (κ3) is 3.32. The van der Waals surface area contributed by atoms with E-state index in [4.69, 9.17) is 13.9 Å². The van der Waals surface area contributed by atoms with E-state index in [-0.39, 0.29) is 12.1 Å². The van der Waals surface area contributed by atoms with E-state index in [2.05, 4.69) is 5.32 Å². The van der Waals surface area contributed by atoms with Crippen LogP contribution in [0.1, 0.15) is 30.0 Å². The molecule has 0 bridgehead atoms. The van der Waals surface area contributed by atoms with Crippen molar-refractivity contribution in [3.8, 4) is 11.5 Å². The van der Waals surface area contributed by atoms with Gasteiger partial charge in [0.25, 0.3) is 0 Å². The molecule has 0 unspecified atom stereocenters. The molecule has 0 radical (unpaired) electrons. The van der Waals surface area contributed by atoms with Crippen LogP contribution in [-0.2, 0) is 6.54 Å². The molecule has 1 fully saturated rings. The zero-order valence-corrected chi connectivity index (χ0v) is 14.0. The Labute approximate surface area is 141 Å². The number of carbonyl (C=O) groups excluding carboxylic acids is 1. The number of hydrogen-bond donors (Lipinski definition) is 1. The van der Waals surface area contributed by atoms with E-state index < -0.39 is 0 Å². The average Bonchev–Trinajstić information content (AvgIpc) is 3.30. The van der Waals surface area contributed by atoms with Crippen molar-refractivity contribution in [1.29, 1.82) is 0 Å². The maximum absolute atomic E-state index is 12.6. The molecular weight excluding hydrogens is 308 g/mol. The first-order valence-corrected chi connectivity index (χ1v) is 8.00. The van der Waals surface area contributed by atoms with Crippen LogP contribution < -0.4 is 14.8 Å². The fourth-order valence-corrected chi connectivity index (χ4v) is 3.10. The van der Waals surface area contributed by atoms with Crippen LogP contribution >= 0.6 is 0 Å². The first kappa shape index (κ1) is 16.2. The topological polar surface area (TPSA) is 63.9 Å². The lowest BCUT2D eigenvalue weighted by Gasteiger charge is -2.26. The van der Waals surface area contributed by atoms with E-state index in [1.54, 1.807) is 26.7 Å². The molecule has 2 amide bonds. The molecular formula is C18H22N2O4. The van der Waals surface area contributed by atoms with Gasteiger partial charge in [0.2, 0.25) is 0 Å². The van der Waals surface area contributed by atoms with Gasteiger partial charge in [0.15, 0.2) is 0 Å². The van der Waals surface area contributed by atoms with Crippen molar-refractivity contribution in [3.63, 3.8) is 0 Å². The zero-order valence-electron chi connectivity index (χ0n) is 14.0. The molecule has 6 nitrogen and oxygen atoms in total. The molecule has 1 aromatic heterocycles. The lowest BCUT2D eigenvalue weighted by atomic mass is 10.0. The summed E-state index contributed by atoms with van der Waals surface area (Å²) in [5, 5.41) is 2.95. The number of benzene rings is 1. The second-order valence-electron chi connectivity index (χ2n) is 5.75. The van der Waals surface area contributed by atoms with Gasteiger partial charge in [-0.15, -0.1) is 0 Å². The number of ether oxygens (including phenoxy) is 2. The van der Waals surface area contributed by atoms with E-state index in [1.165, 1.54) is 0 Å². The summed E-state index contributed by atoms with van der Waals surface area (Å²) in [5.74, 6) is 1.48. The number of likely N-dealkylation sites (tertiary alicyclic amines) is 1. The minimum absolute atomic E-state index is 0.00945. The Morgan fingerprint density at radius 3 is 2.92 bits per heavy atom. The van der Waals surface area contributed by atoms with Gasteiger partial charge < -0.3 is 24.1 Å². The van der Waals surface area contributed by atoms with Crippen molar-refractivity contribution in [2.75, 3.05) is 20.8 Å². The summed E-state index contributed by atoms with van der Waals surface area (Å²) in [6, 6.07) is 7.51. The highest BCUT2D eigenvalue weighted by Gasteiger charge is 2.31. The molecule has 0 saturated carbocycles. The number of furan rings is 1. The van der Waals surface area contributed by atoms with Crippen molar-refractivity contribution < 1.29 is 18.7 Å². The van der Waals surface area contributed by atoms with Crippen LogP contribution in [0, 0.1) is 0 Å². The third-order valence-electron chi connectivity index (χ3n) is 4.34. The Hall–Kier alpha value is -2.63. The largest absolute Gasteiger partial charge is 0.497 e. The predicted molar refractivity (Wildman–Crippen MR) is 89.2 cm³/mol. The lowest BCUT2D eigenvalue weighted by Crippen LogP contribution is -2.39. The Morgan fingerprint density at radius 2 is 2.21 bits per heavy atom. The summed E-state index contributed by atoms with van der Waals surface area (Å²) < 4.78 is 15.8. The second kappa shape index (κ2) is 7.29. The quantitative estimate of drug-likeness (QED) is 0.913. The fourth-order valence-electron chi connectivity index (χ4n) is 3.10. The highest BCUT2D eigenvalue weighted by atomic mass is 16.5. The Morgan fingerprint density at radius 1 is 1.33 bits per heavy atom. The van der Waals surface area contributed by atoms with Crippen LogP contribution in [0.2, 0.25) is 0 Å². The summed E-state index contributed by atoms with van der Waals surface area (Å²) in [5.41, 5.74) is 1.95. The molecule has 2 aromatic rings. The standard InChI is InChI=1S/C18H22N2O4/c1-22-14-5-6-15(17(10-14)23-2)16-4-3-8-20(16)18(21)19-11-13-7-9-24-12-13/h5-7,9-10,12,16H,3-4,8,11H2,1-2H3,(H,19,21)/t16-/m1/s1. The second-order valence-corrected chi connectivity index (χ2v) is 5.75. The van der Waals surface area contributed by atoms with E-state index in [0.29, 0.717) is 6.54 Å². The summed E-state index contributed by atoms with van der Waals surface area (Å²) in [6.07, 6.45) is 5.12. The maximum Gasteiger partial charge on any atom is 0.318 e. The molecule has 1 aliphatic heterocycles. The predicted octanol–water partition coefficient (Wildman–Crippen LogP) is 3.34. The summed E-state index contributed by atoms with van der Waals surface area (Å²) >= 11 is 0. The molecule has 128 valence electrons. The molecule has 1 N–H and O–H groups in total. The number of methoxy groups -OCH3 is 2. The highest BCUT2D eigenvalue weighted by Crippen LogP contribution is 2.38. The number of amides is 2.